The zero-order chi connectivity index (χ0) is 63.5. The Morgan fingerprint density at radius 2 is 0.580 bits per heavy atom. The van der Waals surface area contributed by atoms with E-state index in [0.717, 1.165) is 11.1 Å². The highest BCUT2D eigenvalue weighted by Gasteiger charge is 2.31. The van der Waals surface area contributed by atoms with Crippen molar-refractivity contribution >= 4 is 59.1 Å². The molecule has 462 valence electrons. The Morgan fingerprint density at radius 1 is 0.318 bits per heavy atom. The van der Waals surface area contributed by atoms with Crippen LogP contribution in [0.3, 0.4) is 0 Å². The van der Waals surface area contributed by atoms with Crippen LogP contribution in [0.25, 0.3) is 0 Å². The molecule has 0 saturated heterocycles. The summed E-state index contributed by atoms with van der Waals surface area (Å²) in [5.74, 6) is -7.79. The van der Waals surface area contributed by atoms with Gasteiger partial charge in [0.1, 0.15) is 47.8 Å². The topological polar surface area (TPSA) is 383 Å². The Hall–Kier alpha value is -10.5. The van der Waals surface area contributed by atoms with Crippen molar-refractivity contribution in [1.82, 2.24) is 53.4 Å². The molecule has 0 unspecified atom stereocenters. The van der Waals surface area contributed by atoms with Crippen molar-refractivity contribution < 1.29 is 58.2 Å². The zero-order valence-electron chi connectivity index (χ0n) is 48.6. The summed E-state index contributed by atoms with van der Waals surface area (Å²) in [6.07, 6.45) is 0.127. The van der Waals surface area contributed by atoms with Gasteiger partial charge in [-0.2, -0.15) is 0 Å². The molecule has 0 aliphatic heterocycles. The minimum Gasteiger partial charge on any atom is -0.508 e. The van der Waals surface area contributed by atoms with Gasteiger partial charge in [0.05, 0.1) is 25.2 Å². The third-order valence-electron chi connectivity index (χ3n) is 13.8. The van der Waals surface area contributed by atoms with Gasteiger partial charge in [-0.3, -0.25) is 58.8 Å². The molecular weight excluding hydrogens is 1130 g/mol. The Labute approximate surface area is 508 Å². The quantitative estimate of drug-likeness (QED) is 0.0261. The van der Waals surface area contributed by atoms with Gasteiger partial charge in [-0.05, 0) is 84.3 Å². The van der Waals surface area contributed by atoms with Crippen molar-refractivity contribution in [2.45, 2.75) is 101 Å². The first-order chi connectivity index (χ1) is 42.2. The van der Waals surface area contributed by atoms with Crippen LogP contribution in [0, 0.1) is 0 Å². The predicted octanol–water partition coefficient (Wildman–Crippen LogP) is -0.163. The van der Waals surface area contributed by atoms with Crippen molar-refractivity contribution in [2.75, 3.05) is 13.1 Å². The van der Waals surface area contributed by atoms with Crippen LogP contribution >= 0.6 is 0 Å². The van der Waals surface area contributed by atoms with Crippen LogP contribution in [0.15, 0.2) is 170 Å². The predicted molar refractivity (Wildman–Crippen MR) is 325 cm³/mol. The van der Waals surface area contributed by atoms with E-state index in [2.05, 4.69) is 53.4 Å². The largest absolute Gasteiger partial charge is 0.508 e. The lowest BCUT2D eigenvalue weighted by molar-refractivity contribution is -0.134. The van der Waals surface area contributed by atoms with E-state index in [4.69, 9.17) is 11.5 Å². The third-order valence-corrected chi connectivity index (χ3v) is 13.8. The molecule has 0 radical (unpaired) electrons. The molecule has 6 aromatic rings. The fourth-order valence-electron chi connectivity index (χ4n) is 8.94. The van der Waals surface area contributed by atoms with Crippen LogP contribution in [0.5, 0.6) is 11.5 Å². The van der Waals surface area contributed by atoms with E-state index in [0.29, 0.717) is 22.3 Å². The van der Waals surface area contributed by atoms with E-state index >= 15 is 0 Å². The maximum absolute atomic E-state index is 13.9. The smallest absolute Gasteiger partial charge is 0.261 e. The first-order valence-electron chi connectivity index (χ1n) is 28.4. The van der Waals surface area contributed by atoms with E-state index in [1.165, 1.54) is 38.1 Å². The molecular formula is C64H74N12O12. The standard InChI is InChI=1S/C64H74N12O12/c1-39(69-61(85)51(35-45-23-27-47(77)28-24-45)73-59(83)49(65)31-41-15-7-3-8-16-41)57(81)67-37-55(79)71-53(33-43-19-11-5-12-20-43)63(87)75-76-64(88)54(34-44-21-13-6-14-22-44)72-56(80)38-68-58(82)40(2)70-62(86)52(36-46-25-29-48(78)30-26-46)74-60(84)50(66)32-42-17-9-4-10-18-42/h3-30,39-40,49-54,77-78H,31-38,65-66H2,1-2H3,(H,67,81)(H,68,82)(H,69,85)(H,70,86)(H,71,79)(H,72,80)(H,73,83)(H,74,84)(H,75,87)(H,76,88)/t39-,40-,49+,50+,51+,52+,53+,54+/m1/s1. The van der Waals surface area contributed by atoms with Gasteiger partial charge in [0.15, 0.2) is 0 Å². The van der Waals surface area contributed by atoms with Crippen LogP contribution < -0.4 is 64.9 Å². The Bertz CT molecular complexity index is 3090. The minimum absolute atomic E-state index is 0.0123. The van der Waals surface area contributed by atoms with Crippen LogP contribution in [0.1, 0.15) is 47.2 Å². The van der Waals surface area contributed by atoms with E-state index in [1.807, 2.05) is 36.4 Å². The number of phenolic OH excluding ortho intramolecular Hbond substituents is 2. The average molecular weight is 1200 g/mol. The van der Waals surface area contributed by atoms with Gasteiger partial charge >= 0.3 is 0 Å². The normalized spacial score (nSPS) is 13.5. The van der Waals surface area contributed by atoms with Crippen molar-refractivity contribution in [3.63, 3.8) is 0 Å². The molecule has 24 nitrogen and oxygen atoms in total. The van der Waals surface area contributed by atoms with Crippen LogP contribution in [-0.4, -0.2) is 131 Å². The fourth-order valence-corrected chi connectivity index (χ4v) is 8.94. The molecule has 0 heterocycles. The molecule has 10 amide bonds. The molecule has 8 atom stereocenters. The van der Waals surface area contributed by atoms with Gasteiger partial charge in [0.2, 0.25) is 47.3 Å². The lowest BCUT2D eigenvalue weighted by Crippen LogP contribution is -2.59. The monoisotopic (exact) mass is 1200 g/mol. The highest BCUT2D eigenvalue weighted by Crippen LogP contribution is 2.15. The van der Waals surface area contributed by atoms with E-state index in [9.17, 15) is 58.2 Å². The summed E-state index contributed by atoms with van der Waals surface area (Å²) in [5, 5.41) is 40.1. The molecule has 6 rings (SSSR count). The highest BCUT2D eigenvalue weighted by molar-refractivity contribution is 5.97. The lowest BCUT2D eigenvalue weighted by Gasteiger charge is -2.23. The number of rotatable bonds is 30. The molecule has 0 spiro atoms. The summed E-state index contributed by atoms with van der Waals surface area (Å²) >= 11 is 0. The number of hydrazine groups is 1. The molecule has 88 heavy (non-hydrogen) atoms. The summed E-state index contributed by atoms with van der Waals surface area (Å²) < 4.78 is 0. The number of nitrogens with one attached hydrogen (secondary N) is 10. The first kappa shape index (κ1) is 66.7. The minimum atomic E-state index is -1.35. The number of hydrogen-bond acceptors (Lipinski definition) is 14. The third kappa shape index (κ3) is 22.5. The van der Waals surface area contributed by atoms with Crippen LogP contribution in [0.4, 0.5) is 0 Å². The number of aromatic hydroxyl groups is 2. The first-order valence-corrected chi connectivity index (χ1v) is 28.4. The Morgan fingerprint density at radius 3 is 0.875 bits per heavy atom. The van der Waals surface area contributed by atoms with Gasteiger partial charge in [0, 0.05) is 25.7 Å². The van der Waals surface area contributed by atoms with Crippen molar-refractivity contribution in [1.29, 1.82) is 0 Å². The molecule has 16 N–H and O–H groups in total. The number of benzene rings is 6. The second-order valence-corrected chi connectivity index (χ2v) is 21.0. The average Bonchev–Trinajstić information content (AvgIpc) is 3.73. The summed E-state index contributed by atoms with van der Waals surface area (Å²) in [7, 11) is 0. The summed E-state index contributed by atoms with van der Waals surface area (Å²) in [6.45, 7) is 1.40. The van der Waals surface area contributed by atoms with E-state index in [1.54, 1.807) is 109 Å². The number of amides is 10. The number of phenols is 2. The fraction of sp³-hybridized carbons (Fsp3) is 0.281. The highest BCUT2D eigenvalue weighted by atomic mass is 16.3. The van der Waals surface area contributed by atoms with Crippen LogP contribution in [0.2, 0.25) is 0 Å². The molecule has 24 heteroatoms. The SMILES string of the molecule is C[C@@H](NC(=O)[C@H](Cc1ccc(O)cc1)NC(=O)[C@@H](N)Cc1ccccc1)C(=O)NCC(=O)N[C@@H](Cc1ccccc1)C(=O)NNC(=O)[C@H](Cc1ccccc1)NC(=O)CNC(=O)[C@@H](C)NC(=O)[C@H](Cc1ccc(O)cc1)NC(=O)[C@@H](N)Cc1ccccc1. The Balaban J connectivity index is 1.03. The summed E-state index contributed by atoms with van der Waals surface area (Å²) in [6, 6.07) is 37.5. The molecule has 0 saturated carbocycles. The molecule has 6 aromatic carbocycles. The van der Waals surface area contributed by atoms with Gasteiger partial charge in [0.25, 0.3) is 11.8 Å². The zero-order valence-corrected chi connectivity index (χ0v) is 48.6. The number of hydrogen-bond donors (Lipinski definition) is 14. The molecule has 0 aromatic heterocycles. The van der Waals surface area contributed by atoms with E-state index in [-0.39, 0.29) is 50.0 Å². The molecule has 0 fully saturated rings. The van der Waals surface area contributed by atoms with Crippen molar-refractivity contribution in [3.05, 3.63) is 203 Å². The summed E-state index contributed by atoms with van der Waals surface area (Å²) in [4.78, 5) is 135. The van der Waals surface area contributed by atoms with Crippen LogP contribution in [-0.2, 0) is 86.5 Å². The van der Waals surface area contributed by atoms with Gasteiger partial charge < -0.3 is 64.2 Å². The maximum Gasteiger partial charge on any atom is 0.261 e. The van der Waals surface area contributed by atoms with Gasteiger partial charge in [-0.25, -0.2) is 0 Å². The molecule has 0 aliphatic rings. The Kier molecular flexibility index (Phi) is 25.7. The number of nitrogens with two attached hydrogens (primary N) is 2. The lowest BCUT2D eigenvalue weighted by atomic mass is 10.0. The molecule has 0 aliphatic carbocycles. The van der Waals surface area contributed by atoms with Crippen molar-refractivity contribution in [2.24, 2.45) is 11.5 Å². The number of carbonyl (C=O) groups is 10. The van der Waals surface area contributed by atoms with E-state index < -0.39 is 120 Å². The summed E-state index contributed by atoms with van der Waals surface area (Å²) in [5.41, 5.74) is 21.0. The number of carbonyl (C=O) groups excluding carboxylic acids is 10. The second-order valence-electron chi connectivity index (χ2n) is 21.0. The maximum atomic E-state index is 13.9. The van der Waals surface area contributed by atoms with Gasteiger partial charge in [-0.1, -0.05) is 146 Å². The van der Waals surface area contributed by atoms with Gasteiger partial charge in [-0.15, -0.1) is 0 Å². The van der Waals surface area contributed by atoms with Crippen molar-refractivity contribution in [3.8, 4) is 11.5 Å². The molecule has 0 bridgehead atoms. The second kappa shape index (κ2) is 33.9.